The monoisotopic (exact) mass is 270 g/mol. The fourth-order valence-corrected chi connectivity index (χ4v) is 2.47. The molecule has 1 aromatic heterocycles. The van der Waals surface area contributed by atoms with E-state index in [9.17, 15) is 4.79 Å². The molecule has 1 aromatic carbocycles. The SMILES string of the molecule is O=C(NCC1CCOCC1)c1ccc2ccccc2n1. The molecule has 104 valence electrons. The highest BCUT2D eigenvalue weighted by Gasteiger charge is 2.15. The number of carbonyl (C=O) groups excluding carboxylic acids is 1. The summed E-state index contributed by atoms with van der Waals surface area (Å²) in [5, 5.41) is 4.03. The first kappa shape index (κ1) is 13.1. The molecule has 1 N–H and O–H groups in total. The fourth-order valence-electron chi connectivity index (χ4n) is 2.47. The van der Waals surface area contributed by atoms with Gasteiger partial charge in [-0.2, -0.15) is 0 Å². The summed E-state index contributed by atoms with van der Waals surface area (Å²) in [6, 6.07) is 11.5. The van der Waals surface area contributed by atoms with Gasteiger partial charge in [-0.3, -0.25) is 4.79 Å². The number of benzene rings is 1. The van der Waals surface area contributed by atoms with Crippen molar-refractivity contribution in [3.63, 3.8) is 0 Å². The van der Waals surface area contributed by atoms with Crippen molar-refractivity contribution in [1.82, 2.24) is 10.3 Å². The van der Waals surface area contributed by atoms with Crippen LogP contribution in [0.2, 0.25) is 0 Å². The first-order valence-corrected chi connectivity index (χ1v) is 7.05. The largest absolute Gasteiger partial charge is 0.381 e. The van der Waals surface area contributed by atoms with Gasteiger partial charge in [-0.25, -0.2) is 4.98 Å². The van der Waals surface area contributed by atoms with Crippen LogP contribution in [-0.4, -0.2) is 30.6 Å². The summed E-state index contributed by atoms with van der Waals surface area (Å²) in [4.78, 5) is 16.5. The standard InChI is InChI=1S/C16H18N2O2/c19-16(17-11-12-7-9-20-10-8-12)15-6-5-13-3-1-2-4-14(13)18-15/h1-6,12H,7-11H2,(H,17,19). The van der Waals surface area contributed by atoms with Crippen LogP contribution in [-0.2, 0) is 4.74 Å². The number of ether oxygens (including phenoxy) is 1. The molecule has 0 radical (unpaired) electrons. The van der Waals surface area contributed by atoms with E-state index < -0.39 is 0 Å². The lowest BCUT2D eigenvalue weighted by molar-refractivity contribution is 0.0642. The second kappa shape index (κ2) is 6.01. The Hall–Kier alpha value is -1.94. The van der Waals surface area contributed by atoms with Crippen molar-refractivity contribution in [2.75, 3.05) is 19.8 Å². The van der Waals surface area contributed by atoms with Crippen LogP contribution in [0.5, 0.6) is 0 Å². The van der Waals surface area contributed by atoms with Gasteiger partial charge in [0.25, 0.3) is 5.91 Å². The van der Waals surface area contributed by atoms with Crippen LogP contribution in [0, 0.1) is 5.92 Å². The zero-order valence-corrected chi connectivity index (χ0v) is 11.3. The predicted octanol–water partition coefficient (Wildman–Crippen LogP) is 2.39. The summed E-state index contributed by atoms with van der Waals surface area (Å²) in [5.74, 6) is 0.426. The normalized spacial score (nSPS) is 16.2. The van der Waals surface area contributed by atoms with Crippen LogP contribution in [0.4, 0.5) is 0 Å². The lowest BCUT2D eigenvalue weighted by Gasteiger charge is -2.22. The second-order valence-corrected chi connectivity index (χ2v) is 5.15. The summed E-state index contributed by atoms with van der Waals surface area (Å²) in [6.45, 7) is 2.31. The van der Waals surface area contributed by atoms with Crippen LogP contribution < -0.4 is 5.32 Å². The molecule has 0 spiro atoms. The van der Waals surface area contributed by atoms with Crippen LogP contribution in [0.15, 0.2) is 36.4 Å². The van der Waals surface area contributed by atoms with Crippen molar-refractivity contribution in [2.24, 2.45) is 5.92 Å². The molecule has 4 heteroatoms. The van der Waals surface area contributed by atoms with Gasteiger partial charge in [-0.15, -0.1) is 0 Å². The van der Waals surface area contributed by atoms with Crippen molar-refractivity contribution in [2.45, 2.75) is 12.8 Å². The van der Waals surface area contributed by atoms with E-state index in [1.54, 1.807) is 6.07 Å². The molecule has 2 aromatic rings. The van der Waals surface area contributed by atoms with Gasteiger partial charge in [0.1, 0.15) is 5.69 Å². The number of hydrogen-bond donors (Lipinski definition) is 1. The third-order valence-electron chi connectivity index (χ3n) is 3.72. The van der Waals surface area contributed by atoms with Gasteiger partial charge >= 0.3 is 0 Å². The lowest BCUT2D eigenvalue weighted by Crippen LogP contribution is -2.32. The molecule has 1 saturated heterocycles. The van der Waals surface area contributed by atoms with Crippen LogP contribution in [0.25, 0.3) is 10.9 Å². The molecule has 1 aliphatic rings. The van der Waals surface area contributed by atoms with Gasteiger partial charge in [0, 0.05) is 25.1 Å². The quantitative estimate of drug-likeness (QED) is 0.931. The number of para-hydroxylation sites is 1. The van der Waals surface area contributed by atoms with E-state index >= 15 is 0 Å². The molecule has 1 amide bonds. The van der Waals surface area contributed by atoms with E-state index in [4.69, 9.17) is 4.74 Å². The number of amides is 1. The van der Waals surface area contributed by atoms with E-state index in [1.165, 1.54) is 0 Å². The van der Waals surface area contributed by atoms with E-state index in [2.05, 4.69) is 10.3 Å². The van der Waals surface area contributed by atoms with Crippen LogP contribution in [0.3, 0.4) is 0 Å². The first-order valence-electron chi connectivity index (χ1n) is 7.05. The molecule has 2 heterocycles. The summed E-state index contributed by atoms with van der Waals surface area (Å²) < 4.78 is 5.31. The summed E-state index contributed by atoms with van der Waals surface area (Å²) >= 11 is 0. The van der Waals surface area contributed by atoms with Gasteiger partial charge in [0.15, 0.2) is 0 Å². The zero-order chi connectivity index (χ0) is 13.8. The van der Waals surface area contributed by atoms with E-state index in [1.807, 2.05) is 30.3 Å². The number of nitrogens with one attached hydrogen (secondary N) is 1. The topological polar surface area (TPSA) is 51.2 Å². The van der Waals surface area contributed by atoms with Gasteiger partial charge in [0.2, 0.25) is 0 Å². The number of rotatable bonds is 3. The Kier molecular flexibility index (Phi) is 3.92. The number of nitrogens with zero attached hydrogens (tertiary/aromatic N) is 1. The highest BCUT2D eigenvalue weighted by atomic mass is 16.5. The molecular formula is C16H18N2O2. The lowest BCUT2D eigenvalue weighted by atomic mass is 10.0. The Morgan fingerprint density at radius 3 is 2.85 bits per heavy atom. The van der Waals surface area contributed by atoms with Gasteiger partial charge in [0.05, 0.1) is 5.52 Å². The average molecular weight is 270 g/mol. The highest BCUT2D eigenvalue weighted by molar-refractivity contribution is 5.94. The molecule has 1 aliphatic heterocycles. The van der Waals surface area contributed by atoms with E-state index in [0.29, 0.717) is 18.2 Å². The first-order chi connectivity index (χ1) is 9.83. The molecule has 3 rings (SSSR count). The maximum Gasteiger partial charge on any atom is 0.269 e. The Balaban J connectivity index is 1.65. The predicted molar refractivity (Wildman–Crippen MR) is 77.6 cm³/mol. The number of aromatic nitrogens is 1. The molecule has 0 aliphatic carbocycles. The van der Waals surface area contributed by atoms with Crippen molar-refractivity contribution in [3.05, 3.63) is 42.1 Å². The maximum atomic E-state index is 12.1. The van der Waals surface area contributed by atoms with Gasteiger partial charge < -0.3 is 10.1 Å². The number of pyridine rings is 1. The molecule has 1 fully saturated rings. The smallest absolute Gasteiger partial charge is 0.269 e. The zero-order valence-electron chi connectivity index (χ0n) is 11.3. The minimum absolute atomic E-state index is 0.0951. The van der Waals surface area contributed by atoms with Crippen molar-refractivity contribution in [3.8, 4) is 0 Å². The Labute approximate surface area is 118 Å². The fraction of sp³-hybridized carbons (Fsp3) is 0.375. The minimum Gasteiger partial charge on any atom is -0.381 e. The Morgan fingerprint density at radius 2 is 2.00 bits per heavy atom. The van der Waals surface area contributed by atoms with E-state index in [-0.39, 0.29) is 5.91 Å². The van der Waals surface area contributed by atoms with Crippen LogP contribution in [0.1, 0.15) is 23.3 Å². The highest BCUT2D eigenvalue weighted by Crippen LogP contribution is 2.14. The van der Waals surface area contributed by atoms with Crippen molar-refractivity contribution in [1.29, 1.82) is 0 Å². The Bertz CT molecular complexity index is 606. The molecule has 0 unspecified atom stereocenters. The average Bonchev–Trinajstić information content (AvgIpc) is 2.53. The Morgan fingerprint density at radius 1 is 1.20 bits per heavy atom. The molecule has 0 saturated carbocycles. The third kappa shape index (κ3) is 2.96. The molecule has 0 bridgehead atoms. The number of hydrogen-bond acceptors (Lipinski definition) is 3. The number of carbonyl (C=O) groups is 1. The van der Waals surface area contributed by atoms with Crippen molar-refractivity contribution >= 4 is 16.8 Å². The minimum atomic E-state index is -0.0951. The molecule has 4 nitrogen and oxygen atoms in total. The summed E-state index contributed by atoms with van der Waals surface area (Å²) in [7, 11) is 0. The van der Waals surface area contributed by atoms with Crippen LogP contribution >= 0.6 is 0 Å². The van der Waals surface area contributed by atoms with E-state index in [0.717, 1.165) is 37.0 Å². The third-order valence-corrected chi connectivity index (χ3v) is 3.72. The van der Waals surface area contributed by atoms with Crippen molar-refractivity contribution < 1.29 is 9.53 Å². The van der Waals surface area contributed by atoms with Gasteiger partial charge in [-0.1, -0.05) is 24.3 Å². The second-order valence-electron chi connectivity index (χ2n) is 5.15. The molecular weight excluding hydrogens is 252 g/mol. The maximum absolute atomic E-state index is 12.1. The summed E-state index contributed by atoms with van der Waals surface area (Å²) in [5.41, 5.74) is 1.34. The molecule has 20 heavy (non-hydrogen) atoms. The van der Waals surface area contributed by atoms with Gasteiger partial charge in [-0.05, 0) is 30.9 Å². The summed E-state index contributed by atoms with van der Waals surface area (Å²) in [6.07, 6.45) is 2.04. The molecule has 0 atom stereocenters. The number of fused-ring (bicyclic) bond motifs is 1.